The summed E-state index contributed by atoms with van der Waals surface area (Å²) in [5, 5.41) is 0.713. The van der Waals surface area contributed by atoms with Crippen LogP contribution in [-0.4, -0.2) is 53.1 Å². The van der Waals surface area contributed by atoms with Crippen molar-refractivity contribution in [2.45, 2.75) is 13.0 Å². The minimum Gasteiger partial charge on any atom is -0.479 e. The maximum atomic E-state index is 12.6. The Morgan fingerprint density at radius 3 is 2.48 bits per heavy atom. The van der Waals surface area contributed by atoms with E-state index in [9.17, 15) is 4.79 Å². The molecule has 132 valence electrons. The summed E-state index contributed by atoms with van der Waals surface area (Å²) in [7, 11) is 0. The van der Waals surface area contributed by atoms with E-state index in [1.165, 1.54) is 0 Å². The van der Waals surface area contributed by atoms with Gasteiger partial charge in [0.15, 0.2) is 6.10 Å². The molecule has 2 aromatic rings. The third kappa shape index (κ3) is 4.14. The first-order valence-corrected chi connectivity index (χ1v) is 8.73. The molecule has 2 heterocycles. The van der Waals surface area contributed by atoms with Crippen molar-refractivity contribution in [1.82, 2.24) is 14.9 Å². The Balaban J connectivity index is 1.58. The van der Waals surface area contributed by atoms with E-state index in [4.69, 9.17) is 27.9 Å². The number of carbonyl (C=O) groups is 1. The molecule has 1 amide bonds. The van der Waals surface area contributed by atoms with Gasteiger partial charge >= 0.3 is 0 Å². The fourth-order valence-electron chi connectivity index (χ4n) is 2.65. The number of amides is 1. The standard InChI is InChI=1S/C17H18Cl2N4O2/c1-12(25-14-5-2-4-13(18)15(14)19)16(24)22-8-10-23(11-9-22)17-20-6-3-7-21-17/h2-7,12H,8-11H2,1H3. The number of rotatable bonds is 4. The summed E-state index contributed by atoms with van der Waals surface area (Å²) >= 11 is 12.1. The van der Waals surface area contributed by atoms with Crippen molar-refractivity contribution in [3.05, 3.63) is 46.7 Å². The minimum absolute atomic E-state index is 0.0790. The van der Waals surface area contributed by atoms with Gasteiger partial charge in [-0.15, -0.1) is 0 Å². The van der Waals surface area contributed by atoms with Crippen molar-refractivity contribution in [3.8, 4) is 5.75 Å². The summed E-state index contributed by atoms with van der Waals surface area (Å²) in [5.41, 5.74) is 0. The largest absolute Gasteiger partial charge is 0.479 e. The summed E-state index contributed by atoms with van der Waals surface area (Å²) < 4.78 is 5.71. The van der Waals surface area contributed by atoms with Gasteiger partial charge in [-0.05, 0) is 25.1 Å². The van der Waals surface area contributed by atoms with Crippen molar-refractivity contribution in [3.63, 3.8) is 0 Å². The summed E-state index contributed by atoms with van der Waals surface area (Å²) in [6, 6.07) is 6.89. The first-order valence-electron chi connectivity index (χ1n) is 7.97. The molecule has 8 heteroatoms. The lowest BCUT2D eigenvalue weighted by Gasteiger charge is -2.35. The van der Waals surface area contributed by atoms with Gasteiger partial charge in [-0.25, -0.2) is 9.97 Å². The number of halogens is 2. The van der Waals surface area contributed by atoms with Gasteiger partial charge in [0, 0.05) is 38.6 Å². The number of hydrogen-bond acceptors (Lipinski definition) is 5. The lowest BCUT2D eigenvalue weighted by atomic mass is 10.2. The van der Waals surface area contributed by atoms with Gasteiger partial charge in [-0.1, -0.05) is 29.3 Å². The average Bonchev–Trinajstić information content (AvgIpc) is 2.65. The molecular formula is C17H18Cl2N4O2. The molecule has 6 nitrogen and oxygen atoms in total. The van der Waals surface area contributed by atoms with E-state index in [0.717, 1.165) is 0 Å². The average molecular weight is 381 g/mol. The molecule has 1 saturated heterocycles. The van der Waals surface area contributed by atoms with Crippen molar-refractivity contribution < 1.29 is 9.53 Å². The van der Waals surface area contributed by atoms with Crippen molar-refractivity contribution in [1.29, 1.82) is 0 Å². The second kappa shape index (κ2) is 7.89. The van der Waals surface area contributed by atoms with Crippen LogP contribution in [0.2, 0.25) is 10.0 Å². The quantitative estimate of drug-likeness (QED) is 0.815. The summed E-state index contributed by atoms with van der Waals surface area (Å²) in [6.45, 7) is 4.26. The molecule has 1 aromatic carbocycles. The molecule has 3 rings (SSSR count). The topological polar surface area (TPSA) is 58.6 Å². The number of aromatic nitrogens is 2. The molecule has 1 aliphatic rings. The van der Waals surface area contributed by atoms with E-state index < -0.39 is 6.10 Å². The predicted molar refractivity (Wildman–Crippen MR) is 97.4 cm³/mol. The second-order valence-electron chi connectivity index (χ2n) is 5.67. The van der Waals surface area contributed by atoms with E-state index in [0.29, 0.717) is 47.9 Å². The molecule has 1 aliphatic heterocycles. The van der Waals surface area contributed by atoms with Crippen LogP contribution in [0.5, 0.6) is 5.75 Å². The van der Waals surface area contributed by atoms with Crippen molar-refractivity contribution in [2.24, 2.45) is 0 Å². The van der Waals surface area contributed by atoms with Crippen LogP contribution >= 0.6 is 23.2 Å². The Hall–Kier alpha value is -2.05. The Morgan fingerprint density at radius 1 is 1.12 bits per heavy atom. The molecule has 0 radical (unpaired) electrons. The highest BCUT2D eigenvalue weighted by molar-refractivity contribution is 6.42. The van der Waals surface area contributed by atoms with E-state index in [-0.39, 0.29) is 5.91 Å². The fraction of sp³-hybridized carbons (Fsp3) is 0.353. The zero-order chi connectivity index (χ0) is 17.8. The summed E-state index contributed by atoms with van der Waals surface area (Å²) in [6.07, 6.45) is 2.78. The van der Waals surface area contributed by atoms with Gasteiger partial charge < -0.3 is 14.5 Å². The Kier molecular flexibility index (Phi) is 5.60. The molecule has 0 N–H and O–H groups in total. The Labute approximate surface area is 156 Å². The van der Waals surface area contributed by atoms with Gasteiger partial charge in [0.05, 0.1) is 5.02 Å². The molecule has 1 aromatic heterocycles. The predicted octanol–water partition coefficient (Wildman–Crippen LogP) is 2.90. The van der Waals surface area contributed by atoms with Crippen LogP contribution in [-0.2, 0) is 4.79 Å². The minimum atomic E-state index is -0.643. The van der Waals surface area contributed by atoms with E-state index in [1.54, 1.807) is 48.5 Å². The Morgan fingerprint density at radius 2 is 1.80 bits per heavy atom. The number of ether oxygens (including phenoxy) is 1. The van der Waals surface area contributed by atoms with Gasteiger partial charge in [0.25, 0.3) is 5.91 Å². The van der Waals surface area contributed by atoms with Crippen LogP contribution in [0.1, 0.15) is 6.92 Å². The molecule has 1 fully saturated rings. The molecular weight excluding hydrogens is 363 g/mol. The number of benzene rings is 1. The zero-order valence-corrected chi connectivity index (χ0v) is 15.2. The van der Waals surface area contributed by atoms with Crippen LogP contribution in [0, 0.1) is 0 Å². The lowest BCUT2D eigenvalue weighted by Crippen LogP contribution is -2.52. The monoisotopic (exact) mass is 380 g/mol. The van der Waals surface area contributed by atoms with E-state index in [2.05, 4.69) is 14.9 Å². The van der Waals surface area contributed by atoms with Crippen LogP contribution < -0.4 is 9.64 Å². The van der Waals surface area contributed by atoms with Crippen LogP contribution in [0.3, 0.4) is 0 Å². The third-order valence-corrected chi connectivity index (χ3v) is 4.80. The number of anilines is 1. The number of nitrogens with zero attached hydrogens (tertiary/aromatic N) is 4. The number of piperazine rings is 1. The zero-order valence-electron chi connectivity index (χ0n) is 13.7. The van der Waals surface area contributed by atoms with Crippen LogP contribution in [0.4, 0.5) is 5.95 Å². The third-order valence-electron chi connectivity index (χ3n) is 3.99. The molecule has 0 saturated carbocycles. The molecule has 0 bridgehead atoms. The highest BCUT2D eigenvalue weighted by atomic mass is 35.5. The smallest absolute Gasteiger partial charge is 0.263 e. The summed E-state index contributed by atoms with van der Waals surface area (Å²) in [4.78, 5) is 24.9. The fourth-order valence-corrected chi connectivity index (χ4v) is 2.99. The van der Waals surface area contributed by atoms with Crippen molar-refractivity contribution in [2.75, 3.05) is 31.1 Å². The maximum absolute atomic E-state index is 12.6. The Bertz CT molecular complexity index is 737. The van der Waals surface area contributed by atoms with Gasteiger partial charge in [0.2, 0.25) is 5.95 Å². The normalized spacial score (nSPS) is 15.8. The molecule has 1 atom stereocenters. The first kappa shape index (κ1) is 17.8. The van der Waals surface area contributed by atoms with Crippen molar-refractivity contribution >= 4 is 35.1 Å². The highest BCUT2D eigenvalue weighted by Gasteiger charge is 2.27. The van der Waals surface area contributed by atoms with Crippen LogP contribution in [0.25, 0.3) is 0 Å². The molecule has 25 heavy (non-hydrogen) atoms. The molecule has 0 aliphatic carbocycles. The first-order chi connectivity index (χ1) is 12.1. The number of carbonyl (C=O) groups excluding carboxylic acids is 1. The SMILES string of the molecule is CC(Oc1cccc(Cl)c1Cl)C(=O)N1CCN(c2ncccn2)CC1. The summed E-state index contributed by atoms with van der Waals surface area (Å²) in [5.74, 6) is 1.01. The second-order valence-corrected chi connectivity index (χ2v) is 6.46. The number of hydrogen-bond donors (Lipinski definition) is 0. The van der Waals surface area contributed by atoms with Crippen LogP contribution in [0.15, 0.2) is 36.7 Å². The highest BCUT2D eigenvalue weighted by Crippen LogP contribution is 2.32. The maximum Gasteiger partial charge on any atom is 0.263 e. The molecule has 1 unspecified atom stereocenters. The molecule has 0 spiro atoms. The van der Waals surface area contributed by atoms with Gasteiger partial charge in [0.1, 0.15) is 10.8 Å². The van der Waals surface area contributed by atoms with E-state index in [1.807, 2.05) is 0 Å². The lowest BCUT2D eigenvalue weighted by molar-refractivity contribution is -0.138. The van der Waals surface area contributed by atoms with Gasteiger partial charge in [-0.2, -0.15) is 0 Å². The van der Waals surface area contributed by atoms with Gasteiger partial charge in [-0.3, -0.25) is 4.79 Å². The van der Waals surface area contributed by atoms with E-state index >= 15 is 0 Å².